The third kappa shape index (κ3) is 3.43. The number of rotatable bonds is 5. The van der Waals surface area contributed by atoms with Crippen molar-refractivity contribution in [3.8, 4) is 5.75 Å². The van der Waals surface area contributed by atoms with Gasteiger partial charge in [-0.05, 0) is 24.6 Å². The number of non-ortho nitro benzene ring substituents is 1. The first-order valence-corrected chi connectivity index (χ1v) is 7.92. The molecule has 0 aliphatic carbocycles. The number of hydrogen-bond donors (Lipinski definition) is 2. The highest BCUT2D eigenvalue weighted by Gasteiger charge is 2.21. The number of nitrogens with zero attached hydrogens (tertiary/aromatic N) is 1. The van der Waals surface area contributed by atoms with Crippen LogP contribution < -0.4 is 9.83 Å². The Morgan fingerprint density at radius 1 is 1.21 bits per heavy atom. The smallest absolute Gasteiger partial charge is 0.335 e. The van der Waals surface area contributed by atoms with Gasteiger partial charge in [0.2, 0.25) is 0 Å². The Balaban J connectivity index is 2.46. The molecule has 0 aromatic heterocycles. The van der Waals surface area contributed by atoms with Crippen LogP contribution in [0, 0.1) is 17.0 Å². The van der Waals surface area contributed by atoms with Crippen LogP contribution in [0.1, 0.15) is 15.9 Å². The van der Waals surface area contributed by atoms with E-state index in [1.165, 1.54) is 19.1 Å². The van der Waals surface area contributed by atoms with Gasteiger partial charge in [0.15, 0.2) is 0 Å². The number of hydrogen-bond acceptors (Lipinski definition) is 6. The fourth-order valence-corrected chi connectivity index (χ4v) is 3.28. The van der Waals surface area contributed by atoms with E-state index in [1.807, 2.05) is 0 Å². The Morgan fingerprint density at radius 3 is 2.46 bits per heavy atom. The Labute approximate surface area is 136 Å². The molecule has 2 aromatic rings. The van der Waals surface area contributed by atoms with Gasteiger partial charge < -0.3 is 10.2 Å². The second-order valence-electron chi connectivity index (χ2n) is 4.83. The van der Waals surface area contributed by atoms with E-state index in [9.17, 15) is 28.4 Å². The number of sulfonamides is 1. The Hall–Kier alpha value is -3.14. The zero-order chi connectivity index (χ0) is 18.1. The van der Waals surface area contributed by atoms with Crippen molar-refractivity contribution in [1.82, 2.24) is 0 Å². The predicted octanol–water partition coefficient (Wildman–Crippen LogP) is 1.48. The van der Waals surface area contributed by atoms with Crippen molar-refractivity contribution in [3.05, 3.63) is 57.6 Å². The average Bonchev–Trinajstić information content (AvgIpc) is 2.48. The fourth-order valence-electron chi connectivity index (χ4n) is 1.96. The molecule has 0 fully saturated rings. The Kier molecular flexibility index (Phi) is 4.42. The summed E-state index contributed by atoms with van der Waals surface area (Å²) in [5, 5.41) is 31.1. The highest BCUT2D eigenvalue weighted by Crippen LogP contribution is 2.25. The van der Waals surface area contributed by atoms with Crippen molar-refractivity contribution >= 4 is 27.4 Å². The van der Waals surface area contributed by atoms with Gasteiger partial charge in [-0.25, -0.2) is 13.2 Å². The number of nitrogens with one attached hydrogen (secondary N) is 1. The van der Waals surface area contributed by atoms with E-state index < -0.39 is 37.9 Å². The van der Waals surface area contributed by atoms with Gasteiger partial charge in [0.25, 0.3) is 15.7 Å². The standard InChI is InChI=1S/C14H12N2O7S/c1-8-2-4-10(16(20)21)7-13(8)24(22,23)15-9-3-5-12(17)11(6-9)14(18)19/h2-7,15,17H,1H3,(H,18,19)/p-1. The van der Waals surface area contributed by atoms with Gasteiger partial charge in [-0.2, -0.15) is 0 Å². The SMILES string of the molecule is Cc1ccc([N+](=O)[O-])cc1S(=O)(=O)Nc1ccc([O-])c(C(=O)O)c1. The van der Waals surface area contributed by atoms with Crippen molar-refractivity contribution in [2.45, 2.75) is 11.8 Å². The van der Waals surface area contributed by atoms with E-state index in [2.05, 4.69) is 4.72 Å². The molecule has 0 unspecified atom stereocenters. The van der Waals surface area contributed by atoms with E-state index in [0.29, 0.717) is 0 Å². The summed E-state index contributed by atoms with van der Waals surface area (Å²) in [7, 11) is -4.20. The first-order chi connectivity index (χ1) is 11.1. The van der Waals surface area contributed by atoms with Gasteiger partial charge in [0, 0.05) is 17.8 Å². The van der Waals surface area contributed by atoms with Crippen LogP contribution in [-0.4, -0.2) is 24.4 Å². The van der Waals surface area contributed by atoms with Crippen molar-refractivity contribution < 1.29 is 28.3 Å². The molecule has 2 N–H and O–H groups in total. The highest BCUT2D eigenvalue weighted by molar-refractivity contribution is 7.92. The summed E-state index contributed by atoms with van der Waals surface area (Å²) >= 11 is 0. The number of aromatic carboxylic acids is 1. The van der Waals surface area contributed by atoms with Crippen LogP contribution in [0.15, 0.2) is 41.3 Å². The van der Waals surface area contributed by atoms with E-state index in [-0.39, 0.29) is 16.1 Å². The normalized spacial score (nSPS) is 11.0. The minimum atomic E-state index is -4.20. The highest BCUT2D eigenvalue weighted by atomic mass is 32.2. The van der Waals surface area contributed by atoms with Crippen molar-refractivity contribution in [2.24, 2.45) is 0 Å². The predicted molar refractivity (Wildman–Crippen MR) is 81.5 cm³/mol. The largest absolute Gasteiger partial charge is 0.872 e. The first kappa shape index (κ1) is 17.2. The summed E-state index contributed by atoms with van der Waals surface area (Å²) in [6.45, 7) is 1.46. The van der Waals surface area contributed by atoms with Gasteiger partial charge >= 0.3 is 5.97 Å². The minimum Gasteiger partial charge on any atom is -0.872 e. The second kappa shape index (κ2) is 6.16. The summed E-state index contributed by atoms with van der Waals surface area (Å²) in [5.41, 5.74) is -0.863. The molecule has 0 saturated carbocycles. The van der Waals surface area contributed by atoms with Crippen molar-refractivity contribution in [2.75, 3.05) is 4.72 Å². The van der Waals surface area contributed by atoms with Gasteiger partial charge in [-0.1, -0.05) is 17.9 Å². The maximum atomic E-state index is 12.4. The molecule has 0 saturated heterocycles. The number of carboxylic acids is 1. The van der Waals surface area contributed by atoms with Gasteiger partial charge in [-0.15, -0.1) is 0 Å². The lowest BCUT2D eigenvalue weighted by Gasteiger charge is -2.14. The van der Waals surface area contributed by atoms with Crippen LogP contribution in [-0.2, 0) is 10.0 Å². The number of nitro groups is 1. The summed E-state index contributed by atoms with van der Waals surface area (Å²) in [6.07, 6.45) is 0. The topological polar surface area (TPSA) is 150 Å². The van der Waals surface area contributed by atoms with E-state index >= 15 is 0 Å². The summed E-state index contributed by atoms with van der Waals surface area (Å²) in [6, 6.07) is 6.27. The van der Waals surface area contributed by atoms with Gasteiger partial charge in [-0.3, -0.25) is 14.8 Å². The molecule has 2 rings (SSSR count). The van der Waals surface area contributed by atoms with Crippen LogP contribution in [0.4, 0.5) is 11.4 Å². The van der Waals surface area contributed by atoms with Crippen LogP contribution in [0.3, 0.4) is 0 Å². The second-order valence-corrected chi connectivity index (χ2v) is 6.48. The number of carbonyl (C=O) groups is 1. The van der Waals surface area contributed by atoms with E-state index in [0.717, 1.165) is 24.3 Å². The quantitative estimate of drug-likeness (QED) is 0.611. The molecule has 0 aliphatic heterocycles. The zero-order valence-corrected chi connectivity index (χ0v) is 13.0. The molecular weight excluding hydrogens is 340 g/mol. The maximum Gasteiger partial charge on any atom is 0.335 e. The maximum absolute atomic E-state index is 12.4. The zero-order valence-electron chi connectivity index (χ0n) is 12.2. The Bertz CT molecular complexity index is 938. The number of carboxylic acid groups (broad SMARTS) is 1. The van der Waals surface area contributed by atoms with Crippen LogP contribution in [0.25, 0.3) is 0 Å². The molecule has 0 bridgehead atoms. The summed E-state index contributed by atoms with van der Waals surface area (Å²) in [4.78, 5) is 20.7. The average molecular weight is 351 g/mol. The van der Waals surface area contributed by atoms with Crippen molar-refractivity contribution in [3.63, 3.8) is 0 Å². The van der Waals surface area contributed by atoms with Crippen LogP contribution in [0.2, 0.25) is 0 Å². The lowest BCUT2D eigenvalue weighted by atomic mass is 10.2. The van der Waals surface area contributed by atoms with Gasteiger partial charge in [0.05, 0.1) is 15.4 Å². The van der Waals surface area contributed by atoms with Crippen LogP contribution in [0.5, 0.6) is 5.75 Å². The monoisotopic (exact) mass is 351 g/mol. The number of aryl methyl sites for hydroxylation is 1. The van der Waals surface area contributed by atoms with E-state index in [4.69, 9.17) is 5.11 Å². The molecule has 0 heterocycles. The third-order valence-electron chi connectivity index (χ3n) is 3.13. The first-order valence-electron chi connectivity index (χ1n) is 6.44. The lowest BCUT2D eigenvalue weighted by Crippen LogP contribution is -2.15. The molecule has 9 nitrogen and oxygen atoms in total. The minimum absolute atomic E-state index is 0.141. The molecule has 0 spiro atoms. The van der Waals surface area contributed by atoms with Crippen LogP contribution >= 0.6 is 0 Å². The molecule has 2 aromatic carbocycles. The number of benzene rings is 2. The summed E-state index contributed by atoms with van der Waals surface area (Å²) < 4.78 is 26.9. The molecule has 126 valence electrons. The molecule has 0 amide bonds. The molecule has 10 heteroatoms. The molecular formula is C14H11N2O7S-. The number of anilines is 1. The fraction of sp³-hybridized carbons (Fsp3) is 0.0714. The third-order valence-corrected chi connectivity index (χ3v) is 4.66. The summed E-state index contributed by atoms with van der Waals surface area (Å²) in [5.74, 6) is -2.26. The van der Waals surface area contributed by atoms with Crippen molar-refractivity contribution in [1.29, 1.82) is 0 Å². The van der Waals surface area contributed by atoms with E-state index in [1.54, 1.807) is 0 Å². The molecule has 24 heavy (non-hydrogen) atoms. The molecule has 0 aliphatic rings. The molecule has 0 atom stereocenters. The lowest BCUT2D eigenvalue weighted by molar-refractivity contribution is -0.385. The van der Waals surface area contributed by atoms with Gasteiger partial charge in [0.1, 0.15) is 0 Å². The number of nitro benzene ring substituents is 1. The molecule has 0 radical (unpaired) electrons. The Morgan fingerprint density at radius 2 is 1.88 bits per heavy atom.